The Morgan fingerprint density at radius 2 is 1.94 bits per heavy atom. The number of hydrogen-bond acceptors (Lipinski definition) is 2. The van der Waals surface area contributed by atoms with E-state index in [9.17, 15) is 4.79 Å². The molecule has 2 nitrogen and oxygen atoms in total. The zero-order chi connectivity index (χ0) is 12.6. The van der Waals surface area contributed by atoms with E-state index < -0.39 is 0 Å². The molecule has 1 saturated heterocycles. The molecule has 2 heteroatoms. The number of Topliss-reactive ketones (excluding diaryl/α,β-unsaturated/α-hetero) is 1. The van der Waals surface area contributed by atoms with Crippen molar-refractivity contribution in [3.05, 3.63) is 29.3 Å². The minimum atomic E-state index is -0.363. The Balaban J connectivity index is 2.41. The van der Waals surface area contributed by atoms with Gasteiger partial charge in [0.25, 0.3) is 0 Å². The van der Waals surface area contributed by atoms with Crippen molar-refractivity contribution >= 4 is 11.5 Å². The second kappa shape index (κ2) is 4.17. The summed E-state index contributed by atoms with van der Waals surface area (Å²) in [7, 11) is 0. The van der Waals surface area contributed by atoms with Gasteiger partial charge in [-0.25, -0.2) is 0 Å². The van der Waals surface area contributed by atoms with Crippen LogP contribution in [-0.4, -0.2) is 17.9 Å². The third kappa shape index (κ3) is 2.08. The highest BCUT2D eigenvalue weighted by Crippen LogP contribution is 2.32. The summed E-state index contributed by atoms with van der Waals surface area (Å²) in [6.07, 6.45) is 1.68. The van der Waals surface area contributed by atoms with E-state index in [0.29, 0.717) is 12.2 Å². The largest absolute Gasteiger partial charge is 0.359 e. The monoisotopic (exact) mass is 231 g/mol. The molecular formula is C15H21NO. The molecule has 0 saturated carbocycles. The van der Waals surface area contributed by atoms with Gasteiger partial charge in [0.05, 0.1) is 5.54 Å². The molecule has 0 unspecified atom stereocenters. The average Bonchev–Trinajstić information content (AvgIpc) is 2.23. The predicted octanol–water partition coefficient (Wildman–Crippen LogP) is 3.25. The number of rotatable bonds is 1. The second-order valence-corrected chi connectivity index (χ2v) is 5.53. The molecule has 0 atom stereocenters. The maximum atomic E-state index is 12.0. The molecule has 1 fully saturated rings. The second-order valence-electron chi connectivity index (χ2n) is 5.53. The minimum absolute atomic E-state index is 0.351. The Kier molecular flexibility index (Phi) is 2.98. The van der Waals surface area contributed by atoms with Gasteiger partial charge in [-0.05, 0) is 45.7 Å². The molecule has 0 spiro atoms. The molecule has 1 heterocycles. The molecule has 0 radical (unpaired) electrons. The predicted molar refractivity (Wildman–Crippen MR) is 71.6 cm³/mol. The number of ketones is 1. The van der Waals surface area contributed by atoms with Crippen LogP contribution in [-0.2, 0) is 4.79 Å². The lowest BCUT2D eigenvalue weighted by atomic mass is 9.87. The van der Waals surface area contributed by atoms with Gasteiger partial charge < -0.3 is 4.90 Å². The van der Waals surface area contributed by atoms with Gasteiger partial charge in [0.2, 0.25) is 0 Å². The summed E-state index contributed by atoms with van der Waals surface area (Å²) < 4.78 is 0. The van der Waals surface area contributed by atoms with Crippen LogP contribution in [0.15, 0.2) is 18.2 Å². The first kappa shape index (κ1) is 12.2. The smallest absolute Gasteiger partial charge is 0.157 e. The number of piperidine rings is 1. The molecule has 92 valence electrons. The Morgan fingerprint density at radius 3 is 2.59 bits per heavy atom. The van der Waals surface area contributed by atoms with Gasteiger partial charge in [0, 0.05) is 18.7 Å². The van der Waals surface area contributed by atoms with Gasteiger partial charge in [-0.1, -0.05) is 17.7 Å². The van der Waals surface area contributed by atoms with Crippen LogP contribution in [0.1, 0.15) is 37.8 Å². The number of benzene rings is 1. The van der Waals surface area contributed by atoms with Crippen LogP contribution in [0.5, 0.6) is 0 Å². The maximum Gasteiger partial charge on any atom is 0.157 e. The van der Waals surface area contributed by atoms with Crippen molar-refractivity contribution < 1.29 is 4.79 Å². The Hall–Kier alpha value is -1.31. The normalized spacial score (nSPS) is 19.5. The molecule has 2 rings (SSSR count). The van der Waals surface area contributed by atoms with E-state index in [-0.39, 0.29) is 5.54 Å². The highest BCUT2D eigenvalue weighted by atomic mass is 16.1. The van der Waals surface area contributed by atoms with Crippen LogP contribution in [0.3, 0.4) is 0 Å². The van der Waals surface area contributed by atoms with E-state index in [1.165, 1.54) is 16.8 Å². The summed E-state index contributed by atoms with van der Waals surface area (Å²) in [4.78, 5) is 14.3. The lowest BCUT2D eigenvalue weighted by Gasteiger charge is -2.43. The molecule has 0 N–H and O–H groups in total. The molecule has 0 bridgehead atoms. The third-order valence-corrected chi connectivity index (χ3v) is 3.79. The van der Waals surface area contributed by atoms with Crippen molar-refractivity contribution in [3.63, 3.8) is 0 Å². The molecule has 0 amide bonds. The van der Waals surface area contributed by atoms with Crippen molar-refractivity contribution in [2.24, 2.45) is 0 Å². The van der Waals surface area contributed by atoms with Gasteiger partial charge in [-0.3, -0.25) is 4.79 Å². The molecule has 1 aromatic carbocycles. The first-order chi connectivity index (χ1) is 7.93. The number of carbonyl (C=O) groups is 1. The minimum Gasteiger partial charge on any atom is -0.359 e. The zero-order valence-corrected chi connectivity index (χ0v) is 11.2. The lowest BCUT2D eigenvalue weighted by molar-refractivity contribution is -0.124. The lowest BCUT2D eigenvalue weighted by Crippen LogP contribution is -2.54. The van der Waals surface area contributed by atoms with E-state index in [1.807, 2.05) is 13.8 Å². The fourth-order valence-electron chi connectivity index (χ4n) is 2.66. The van der Waals surface area contributed by atoms with Crippen LogP contribution in [0.25, 0.3) is 0 Å². The van der Waals surface area contributed by atoms with Crippen molar-refractivity contribution in [3.8, 4) is 0 Å². The summed E-state index contributed by atoms with van der Waals surface area (Å²) in [6.45, 7) is 9.27. The van der Waals surface area contributed by atoms with Crippen LogP contribution in [0.4, 0.5) is 5.69 Å². The zero-order valence-electron chi connectivity index (χ0n) is 11.2. The fourth-order valence-corrected chi connectivity index (χ4v) is 2.66. The summed E-state index contributed by atoms with van der Waals surface area (Å²) in [5.74, 6) is 0.351. The molecule has 0 aliphatic carbocycles. The summed E-state index contributed by atoms with van der Waals surface area (Å²) >= 11 is 0. The summed E-state index contributed by atoms with van der Waals surface area (Å²) in [5.41, 5.74) is 3.37. The summed E-state index contributed by atoms with van der Waals surface area (Å²) in [5, 5.41) is 0. The molecule has 1 aliphatic heterocycles. The van der Waals surface area contributed by atoms with Crippen molar-refractivity contribution in [1.82, 2.24) is 0 Å². The first-order valence-electron chi connectivity index (χ1n) is 6.31. The molecule has 1 aliphatic rings. The standard InChI is InChI=1S/C15H21NO/c1-11-7-8-13(12(2)10-11)16-9-5-6-14(17)15(16,3)4/h7-8,10H,5-6,9H2,1-4H3. The van der Waals surface area contributed by atoms with E-state index >= 15 is 0 Å². The number of anilines is 1. The van der Waals surface area contributed by atoms with E-state index in [2.05, 4.69) is 36.9 Å². The highest BCUT2D eigenvalue weighted by molar-refractivity contribution is 5.92. The molecule has 17 heavy (non-hydrogen) atoms. The van der Waals surface area contributed by atoms with Crippen LogP contribution < -0.4 is 4.90 Å². The van der Waals surface area contributed by atoms with Gasteiger partial charge in [0.1, 0.15) is 0 Å². The van der Waals surface area contributed by atoms with Gasteiger partial charge in [0.15, 0.2) is 5.78 Å². The van der Waals surface area contributed by atoms with Crippen LogP contribution in [0.2, 0.25) is 0 Å². The van der Waals surface area contributed by atoms with Crippen LogP contribution >= 0.6 is 0 Å². The average molecular weight is 231 g/mol. The number of hydrogen-bond donors (Lipinski definition) is 0. The molecule has 0 aromatic heterocycles. The van der Waals surface area contributed by atoms with Gasteiger partial charge in [-0.2, -0.15) is 0 Å². The van der Waals surface area contributed by atoms with Gasteiger partial charge in [-0.15, -0.1) is 0 Å². The Morgan fingerprint density at radius 1 is 1.24 bits per heavy atom. The molecule has 1 aromatic rings. The van der Waals surface area contributed by atoms with E-state index in [1.54, 1.807) is 0 Å². The highest BCUT2D eigenvalue weighted by Gasteiger charge is 2.37. The van der Waals surface area contributed by atoms with Crippen LogP contribution in [0, 0.1) is 13.8 Å². The molecular weight excluding hydrogens is 210 g/mol. The van der Waals surface area contributed by atoms with Crippen molar-refractivity contribution in [2.75, 3.05) is 11.4 Å². The Bertz CT molecular complexity index is 448. The SMILES string of the molecule is Cc1ccc(N2CCCC(=O)C2(C)C)c(C)c1. The Labute approximate surface area is 104 Å². The number of aryl methyl sites for hydroxylation is 2. The van der Waals surface area contributed by atoms with Gasteiger partial charge >= 0.3 is 0 Å². The van der Waals surface area contributed by atoms with E-state index in [4.69, 9.17) is 0 Å². The first-order valence-corrected chi connectivity index (χ1v) is 6.31. The fraction of sp³-hybridized carbons (Fsp3) is 0.533. The maximum absolute atomic E-state index is 12.0. The third-order valence-electron chi connectivity index (χ3n) is 3.79. The van der Waals surface area contributed by atoms with E-state index in [0.717, 1.165) is 13.0 Å². The number of carbonyl (C=O) groups excluding carboxylic acids is 1. The topological polar surface area (TPSA) is 20.3 Å². The quantitative estimate of drug-likeness (QED) is 0.739. The van der Waals surface area contributed by atoms with Crippen molar-refractivity contribution in [1.29, 1.82) is 0 Å². The number of nitrogens with zero attached hydrogens (tertiary/aromatic N) is 1. The summed E-state index contributed by atoms with van der Waals surface area (Å²) in [6, 6.07) is 6.45. The van der Waals surface area contributed by atoms with Crippen molar-refractivity contribution in [2.45, 2.75) is 46.1 Å².